The third-order valence-corrected chi connectivity index (χ3v) is 4.06. The lowest BCUT2D eigenvalue weighted by molar-refractivity contribution is -0.122. The van der Waals surface area contributed by atoms with E-state index >= 15 is 0 Å². The molecule has 1 aromatic carbocycles. The van der Waals surface area contributed by atoms with Gasteiger partial charge in [0.15, 0.2) is 5.78 Å². The molecular weight excluding hydrogens is 239 g/mol. The lowest BCUT2D eigenvalue weighted by Crippen LogP contribution is -2.30. The molecule has 0 aromatic heterocycles. The summed E-state index contributed by atoms with van der Waals surface area (Å²) >= 11 is 0. The van der Waals surface area contributed by atoms with Gasteiger partial charge >= 0.3 is 0 Å². The van der Waals surface area contributed by atoms with E-state index in [2.05, 4.69) is 20.8 Å². The van der Waals surface area contributed by atoms with E-state index in [0.717, 1.165) is 24.0 Å². The number of carbonyl (C=O) groups is 1. The standard InChI is InChI=1S/C17H21FO/c1-11(2)15-9-4-12(3)16(17(15)19)10-13-5-7-14(18)8-6-13/h5-8,10-12,15H,4,9H2,1-3H3/t12-,15-/m1/s1. The Morgan fingerprint density at radius 2 is 1.84 bits per heavy atom. The first-order valence-corrected chi connectivity index (χ1v) is 7.00. The lowest BCUT2D eigenvalue weighted by atomic mass is 9.73. The highest BCUT2D eigenvalue weighted by Gasteiger charge is 2.32. The van der Waals surface area contributed by atoms with Crippen molar-refractivity contribution in [1.29, 1.82) is 0 Å². The van der Waals surface area contributed by atoms with Crippen molar-refractivity contribution in [2.75, 3.05) is 0 Å². The van der Waals surface area contributed by atoms with Crippen LogP contribution in [0.4, 0.5) is 4.39 Å². The Morgan fingerprint density at radius 1 is 1.21 bits per heavy atom. The molecular formula is C17H21FO. The third kappa shape index (κ3) is 3.12. The van der Waals surface area contributed by atoms with Gasteiger partial charge in [-0.1, -0.05) is 32.9 Å². The Hall–Kier alpha value is -1.44. The minimum atomic E-state index is -0.245. The molecule has 1 saturated carbocycles. The molecule has 1 aliphatic rings. The molecule has 2 rings (SSSR count). The molecule has 0 saturated heterocycles. The molecule has 0 aliphatic heterocycles. The molecule has 0 spiro atoms. The van der Waals surface area contributed by atoms with Crippen LogP contribution in [0.3, 0.4) is 0 Å². The van der Waals surface area contributed by atoms with E-state index in [1.807, 2.05) is 6.08 Å². The van der Waals surface area contributed by atoms with E-state index in [4.69, 9.17) is 0 Å². The van der Waals surface area contributed by atoms with Gasteiger partial charge in [-0.25, -0.2) is 4.39 Å². The van der Waals surface area contributed by atoms with Gasteiger partial charge in [0.05, 0.1) is 0 Å². The Kier molecular flexibility index (Phi) is 4.18. The van der Waals surface area contributed by atoms with Crippen LogP contribution >= 0.6 is 0 Å². The Bertz CT molecular complexity index is 484. The van der Waals surface area contributed by atoms with E-state index < -0.39 is 0 Å². The molecule has 2 atom stereocenters. The van der Waals surface area contributed by atoms with Gasteiger partial charge < -0.3 is 0 Å². The molecule has 2 heteroatoms. The maximum atomic E-state index is 12.9. The van der Waals surface area contributed by atoms with Gasteiger partial charge in [0.25, 0.3) is 0 Å². The number of carbonyl (C=O) groups excluding carboxylic acids is 1. The van der Waals surface area contributed by atoms with Crippen LogP contribution in [0.25, 0.3) is 6.08 Å². The molecule has 19 heavy (non-hydrogen) atoms. The first kappa shape index (κ1) is 14.0. The van der Waals surface area contributed by atoms with Crippen LogP contribution in [-0.2, 0) is 4.79 Å². The van der Waals surface area contributed by atoms with Gasteiger partial charge in [-0.3, -0.25) is 4.79 Å². The van der Waals surface area contributed by atoms with E-state index in [0.29, 0.717) is 11.8 Å². The van der Waals surface area contributed by atoms with E-state index in [1.54, 1.807) is 12.1 Å². The fraction of sp³-hybridized carbons (Fsp3) is 0.471. The summed E-state index contributed by atoms with van der Waals surface area (Å²) in [5.41, 5.74) is 1.80. The molecule has 1 nitrogen and oxygen atoms in total. The molecule has 1 aromatic rings. The number of Topliss-reactive ketones (excluding diaryl/α,β-unsaturated/α-hetero) is 1. The number of ketones is 1. The van der Waals surface area contributed by atoms with Crippen molar-refractivity contribution in [2.24, 2.45) is 17.8 Å². The normalized spacial score (nSPS) is 26.2. The first-order valence-electron chi connectivity index (χ1n) is 7.00. The quantitative estimate of drug-likeness (QED) is 0.716. The van der Waals surface area contributed by atoms with Crippen LogP contribution in [0.2, 0.25) is 0 Å². The summed E-state index contributed by atoms with van der Waals surface area (Å²) in [6.45, 7) is 6.31. The number of rotatable bonds is 2. The summed E-state index contributed by atoms with van der Waals surface area (Å²) in [6, 6.07) is 6.32. The molecule has 1 aliphatic carbocycles. The van der Waals surface area contributed by atoms with E-state index in [9.17, 15) is 9.18 Å². The summed E-state index contributed by atoms with van der Waals surface area (Å²) < 4.78 is 12.9. The van der Waals surface area contributed by atoms with Crippen LogP contribution in [0, 0.1) is 23.6 Å². The molecule has 0 unspecified atom stereocenters. The zero-order valence-corrected chi connectivity index (χ0v) is 11.8. The smallest absolute Gasteiger partial charge is 0.162 e. The van der Waals surface area contributed by atoms with Crippen LogP contribution in [0.5, 0.6) is 0 Å². The zero-order valence-electron chi connectivity index (χ0n) is 11.8. The van der Waals surface area contributed by atoms with Crippen molar-refractivity contribution in [3.05, 3.63) is 41.2 Å². The average Bonchev–Trinajstić information content (AvgIpc) is 2.36. The monoisotopic (exact) mass is 260 g/mol. The van der Waals surface area contributed by atoms with Crippen molar-refractivity contribution < 1.29 is 9.18 Å². The first-order chi connectivity index (χ1) is 8.99. The van der Waals surface area contributed by atoms with Gasteiger partial charge in [-0.05, 0) is 54.0 Å². The number of hydrogen-bond acceptors (Lipinski definition) is 1. The second kappa shape index (κ2) is 5.68. The molecule has 0 heterocycles. The summed E-state index contributed by atoms with van der Waals surface area (Å²) in [7, 11) is 0. The van der Waals surface area contributed by atoms with Crippen LogP contribution in [-0.4, -0.2) is 5.78 Å². The SMILES string of the molecule is CC(C)[C@H]1CC[C@@H](C)C(=Cc2ccc(F)cc2)C1=O. The van der Waals surface area contributed by atoms with Crippen LogP contribution < -0.4 is 0 Å². The summed E-state index contributed by atoms with van der Waals surface area (Å²) in [5.74, 6) is 0.857. The molecule has 102 valence electrons. The Balaban J connectivity index is 2.29. The molecule has 0 amide bonds. The zero-order chi connectivity index (χ0) is 14.0. The highest BCUT2D eigenvalue weighted by atomic mass is 19.1. The summed E-state index contributed by atoms with van der Waals surface area (Å²) in [4.78, 5) is 12.5. The minimum absolute atomic E-state index is 0.142. The summed E-state index contributed by atoms with van der Waals surface area (Å²) in [6.07, 6.45) is 3.97. The van der Waals surface area contributed by atoms with Crippen LogP contribution in [0.15, 0.2) is 29.8 Å². The van der Waals surface area contributed by atoms with Crippen molar-refractivity contribution in [3.8, 4) is 0 Å². The van der Waals surface area contributed by atoms with Gasteiger partial charge in [0, 0.05) is 5.92 Å². The number of benzene rings is 1. The molecule has 0 radical (unpaired) electrons. The lowest BCUT2D eigenvalue weighted by Gasteiger charge is -2.30. The van der Waals surface area contributed by atoms with Gasteiger partial charge in [-0.2, -0.15) is 0 Å². The second-order valence-electron chi connectivity index (χ2n) is 5.84. The topological polar surface area (TPSA) is 17.1 Å². The minimum Gasteiger partial charge on any atom is -0.294 e. The Labute approximate surface area is 114 Å². The maximum absolute atomic E-state index is 12.9. The highest BCUT2D eigenvalue weighted by molar-refractivity contribution is 6.02. The maximum Gasteiger partial charge on any atom is 0.162 e. The third-order valence-electron chi connectivity index (χ3n) is 4.06. The molecule has 0 bridgehead atoms. The Morgan fingerprint density at radius 3 is 2.42 bits per heavy atom. The molecule has 1 fully saturated rings. The average molecular weight is 260 g/mol. The van der Waals surface area contributed by atoms with Gasteiger partial charge in [0.2, 0.25) is 0 Å². The van der Waals surface area contributed by atoms with Crippen molar-refractivity contribution in [1.82, 2.24) is 0 Å². The van der Waals surface area contributed by atoms with E-state index in [1.165, 1.54) is 12.1 Å². The van der Waals surface area contributed by atoms with E-state index in [-0.39, 0.29) is 17.5 Å². The predicted octanol–water partition coefficient (Wildman–Crippen LogP) is 4.48. The van der Waals surface area contributed by atoms with Crippen molar-refractivity contribution in [3.63, 3.8) is 0 Å². The summed E-state index contributed by atoms with van der Waals surface area (Å²) in [5, 5.41) is 0. The largest absolute Gasteiger partial charge is 0.294 e. The number of allylic oxidation sites excluding steroid dienone is 1. The van der Waals surface area contributed by atoms with Gasteiger partial charge in [-0.15, -0.1) is 0 Å². The second-order valence-corrected chi connectivity index (χ2v) is 5.84. The molecule has 0 N–H and O–H groups in total. The fourth-order valence-electron chi connectivity index (χ4n) is 2.76. The van der Waals surface area contributed by atoms with Crippen LogP contribution in [0.1, 0.15) is 39.2 Å². The van der Waals surface area contributed by atoms with Crippen molar-refractivity contribution >= 4 is 11.9 Å². The fourth-order valence-corrected chi connectivity index (χ4v) is 2.76. The van der Waals surface area contributed by atoms with Crippen molar-refractivity contribution in [2.45, 2.75) is 33.6 Å². The van der Waals surface area contributed by atoms with Gasteiger partial charge in [0.1, 0.15) is 5.82 Å². The predicted molar refractivity (Wildman–Crippen MR) is 76.1 cm³/mol. The number of halogens is 1. The highest BCUT2D eigenvalue weighted by Crippen LogP contribution is 2.35. The number of hydrogen-bond donors (Lipinski definition) is 0.